The van der Waals surface area contributed by atoms with Gasteiger partial charge in [-0.1, -0.05) is 13.8 Å². The fourth-order valence-corrected chi connectivity index (χ4v) is 2.50. The normalized spacial score (nSPS) is 30.2. The number of esters is 1. The lowest BCUT2D eigenvalue weighted by Crippen LogP contribution is -2.45. The van der Waals surface area contributed by atoms with E-state index >= 15 is 0 Å². The summed E-state index contributed by atoms with van der Waals surface area (Å²) in [6.45, 7) is 9.57. The Morgan fingerprint density at radius 3 is 2.53 bits per heavy atom. The molecule has 1 aliphatic carbocycles. The fourth-order valence-electron chi connectivity index (χ4n) is 2.50. The number of carbonyl (C=O) groups is 2. The van der Waals surface area contributed by atoms with Gasteiger partial charge in [0.25, 0.3) is 0 Å². The number of rotatable bonds is 2. The van der Waals surface area contributed by atoms with Crippen LogP contribution in [0.4, 0.5) is 0 Å². The van der Waals surface area contributed by atoms with Gasteiger partial charge in [-0.05, 0) is 45.4 Å². The van der Waals surface area contributed by atoms with Crippen LogP contribution in [-0.2, 0) is 14.3 Å². The Labute approximate surface area is 104 Å². The van der Waals surface area contributed by atoms with Crippen LogP contribution >= 0.6 is 0 Å². The molecule has 2 atom stereocenters. The Morgan fingerprint density at radius 2 is 2.06 bits per heavy atom. The van der Waals surface area contributed by atoms with Gasteiger partial charge in [-0.2, -0.15) is 0 Å². The molecule has 1 fully saturated rings. The van der Waals surface area contributed by atoms with E-state index in [4.69, 9.17) is 4.74 Å². The summed E-state index contributed by atoms with van der Waals surface area (Å²) in [5.41, 5.74) is -0.749. The van der Waals surface area contributed by atoms with E-state index in [0.29, 0.717) is 6.42 Å². The van der Waals surface area contributed by atoms with Gasteiger partial charge in [-0.15, -0.1) is 0 Å². The van der Waals surface area contributed by atoms with Crippen LogP contribution in [-0.4, -0.2) is 17.4 Å². The first-order chi connectivity index (χ1) is 7.69. The predicted molar refractivity (Wildman–Crippen MR) is 66.6 cm³/mol. The molecule has 0 radical (unpaired) electrons. The molecule has 3 nitrogen and oxygen atoms in total. The van der Waals surface area contributed by atoms with Crippen LogP contribution in [0.3, 0.4) is 0 Å². The zero-order valence-electron chi connectivity index (χ0n) is 11.6. The minimum atomic E-state index is -0.569. The van der Waals surface area contributed by atoms with E-state index in [1.54, 1.807) is 0 Å². The first-order valence-corrected chi connectivity index (χ1v) is 6.45. The van der Waals surface area contributed by atoms with Gasteiger partial charge in [0.1, 0.15) is 17.3 Å². The zero-order chi connectivity index (χ0) is 13.3. The molecular weight excluding hydrogens is 216 g/mol. The number of hydrogen-bond acceptors (Lipinski definition) is 3. The Kier molecular flexibility index (Phi) is 4.00. The van der Waals surface area contributed by atoms with Crippen molar-refractivity contribution in [2.45, 2.75) is 65.9 Å². The third-order valence-electron chi connectivity index (χ3n) is 3.64. The van der Waals surface area contributed by atoms with Gasteiger partial charge in [0.2, 0.25) is 0 Å². The SMILES string of the molecule is CC[C@@]1(C)CCCC(=O)C1C(=O)OC(C)(C)C. The van der Waals surface area contributed by atoms with Crippen molar-refractivity contribution in [1.82, 2.24) is 0 Å². The average molecular weight is 240 g/mol. The molecule has 0 N–H and O–H groups in total. The Balaban J connectivity index is 2.90. The van der Waals surface area contributed by atoms with Crippen LogP contribution in [0.2, 0.25) is 0 Å². The van der Waals surface area contributed by atoms with Crippen LogP contribution in [0.5, 0.6) is 0 Å². The van der Waals surface area contributed by atoms with E-state index in [9.17, 15) is 9.59 Å². The second-order valence-electron chi connectivity index (χ2n) is 6.29. The van der Waals surface area contributed by atoms with Crippen molar-refractivity contribution in [3.8, 4) is 0 Å². The molecule has 0 amide bonds. The molecule has 98 valence electrons. The molecule has 0 saturated heterocycles. The maximum absolute atomic E-state index is 12.2. The topological polar surface area (TPSA) is 43.4 Å². The second-order valence-corrected chi connectivity index (χ2v) is 6.29. The summed E-state index contributed by atoms with van der Waals surface area (Å²) >= 11 is 0. The molecule has 0 aromatic carbocycles. The Hall–Kier alpha value is -0.860. The highest BCUT2D eigenvalue weighted by Gasteiger charge is 2.46. The van der Waals surface area contributed by atoms with Crippen molar-refractivity contribution in [1.29, 1.82) is 0 Å². The van der Waals surface area contributed by atoms with Crippen LogP contribution in [0, 0.1) is 11.3 Å². The molecule has 0 bridgehead atoms. The summed E-state index contributed by atoms with van der Waals surface area (Å²) in [5, 5.41) is 0. The van der Waals surface area contributed by atoms with E-state index in [-0.39, 0.29) is 17.2 Å². The largest absolute Gasteiger partial charge is 0.459 e. The lowest BCUT2D eigenvalue weighted by molar-refractivity contribution is -0.169. The second kappa shape index (κ2) is 4.79. The van der Waals surface area contributed by atoms with Crippen LogP contribution < -0.4 is 0 Å². The molecule has 0 aliphatic heterocycles. The monoisotopic (exact) mass is 240 g/mol. The molecule has 0 aromatic rings. The zero-order valence-corrected chi connectivity index (χ0v) is 11.6. The van der Waals surface area contributed by atoms with Crippen LogP contribution in [0.15, 0.2) is 0 Å². The number of Topliss-reactive ketones (excluding diaryl/α,β-unsaturated/α-hetero) is 1. The summed E-state index contributed by atoms with van der Waals surface area (Å²) in [6.07, 6.45) is 3.17. The van der Waals surface area contributed by atoms with Gasteiger partial charge in [-0.25, -0.2) is 0 Å². The fraction of sp³-hybridized carbons (Fsp3) is 0.857. The van der Waals surface area contributed by atoms with Crippen molar-refractivity contribution in [2.24, 2.45) is 11.3 Å². The van der Waals surface area contributed by atoms with Crippen molar-refractivity contribution in [2.75, 3.05) is 0 Å². The number of ether oxygens (including phenoxy) is 1. The molecule has 3 heteroatoms. The lowest BCUT2D eigenvalue weighted by Gasteiger charge is -2.39. The van der Waals surface area contributed by atoms with E-state index < -0.39 is 11.5 Å². The van der Waals surface area contributed by atoms with E-state index in [0.717, 1.165) is 19.3 Å². The summed E-state index contributed by atoms with van der Waals surface area (Å²) in [4.78, 5) is 24.2. The minimum absolute atomic E-state index is 0.0508. The Bertz CT molecular complexity index is 314. The lowest BCUT2D eigenvalue weighted by atomic mass is 9.65. The third-order valence-corrected chi connectivity index (χ3v) is 3.64. The quantitative estimate of drug-likeness (QED) is 0.550. The van der Waals surface area contributed by atoms with E-state index in [2.05, 4.69) is 0 Å². The van der Waals surface area contributed by atoms with Gasteiger partial charge in [0, 0.05) is 6.42 Å². The van der Waals surface area contributed by atoms with E-state index in [1.807, 2.05) is 34.6 Å². The molecule has 1 aliphatic rings. The molecule has 1 saturated carbocycles. The van der Waals surface area contributed by atoms with Crippen molar-refractivity contribution < 1.29 is 14.3 Å². The number of carbonyl (C=O) groups excluding carboxylic acids is 2. The number of hydrogen-bond donors (Lipinski definition) is 0. The van der Waals surface area contributed by atoms with Crippen LogP contribution in [0.1, 0.15) is 60.3 Å². The molecule has 0 aromatic heterocycles. The maximum Gasteiger partial charge on any atom is 0.317 e. The summed E-state index contributed by atoms with van der Waals surface area (Å²) in [6, 6.07) is 0. The summed E-state index contributed by atoms with van der Waals surface area (Å²) in [5.74, 6) is -0.859. The summed E-state index contributed by atoms with van der Waals surface area (Å²) in [7, 11) is 0. The molecule has 1 rings (SSSR count). The highest BCUT2D eigenvalue weighted by molar-refractivity contribution is 6.00. The average Bonchev–Trinajstić information content (AvgIpc) is 2.14. The van der Waals surface area contributed by atoms with Gasteiger partial charge >= 0.3 is 5.97 Å². The van der Waals surface area contributed by atoms with Crippen molar-refractivity contribution in [3.63, 3.8) is 0 Å². The first-order valence-electron chi connectivity index (χ1n) is 6.45. The molecule has 0 spiro atoms. The van der Waals surface area contributed by atoms with Crippen molar-refractivity contribution in [3.05, 3.63) is 0 Å². The van der Waals surface area contributed by atoms with E-state index in [1.165, 1.54) is 0 Å². The maximum atomic E-state index is 12.2. The summed E-state index contributed by atoms with van der Waals surface area (Å²) < 4.78 is 5.39. The third kappa shape index (κ3) is 3.30. The molecule has 0 heterocycles. The van der Waals surface area contributed by atoms with Crippen LogP contribution in [0.25, 0.3) is 0 Å². The van der Waals surface area contributed by atoms with Gasteiger partial charge in [-0.3, -0.25) is 9.59 Å². The highest BCUT2D eigenvalue weighted by atomic mass is 16.6. The molecular formula is C14H24O3. The van der Waals surface area contributed by atoms with Gasteiger partial charge in [0.05, 0.1) is 0 Å². The molecule has 17 heavy (non-hydrogen) atoms. The molecule has 1 unspecified atom stereocenters. The predicted octanol–water partition coefficient (Wildman–Crippen LogP) is 3.11. The standard InChI is InChI=1S/C14H24O3/c1-6-14(5)9-7-8-10(15)11(14)12(16)17-13(2,3)4/h11H,6-9H2,1-5H3/t11?,14-/m0/s1. The van der Waals surface area contributed by atoms with Gasteiger partial charge < -0.3 is 4.74 Å². The van der Waals surface area contributed by atoms with Gasteiger partial charge in [0.15, 0.2) is 0 Å². The minimum Gasteiger partial charge on any atom is -0.459 e. The van der Waals surface area contributed by atoms with Crippen molar-refractivity contribution >= 4 is 11.8 Å². The Morgan fingerprint density at radius 1 is 1.47 bits per heavy atom. The highest BCUT2D eigenvalue weighted by Crippen LogP contribution is 2.42. The smallest absolute Gasteiger partial charge is 0.317 e. The first kappa shape index (κ1) is 14.2. The number of ketones is 1.